The van der Waals surface area contributed by atoms with Gasteiger partial charge in [0.25, 0.3) is 0 Å². The largest absolute Gasteiger partial charge is 0.447 e. The van der Waals surface area contributed by atoms with Gasteiger partial charge in [-0.05, 0) is 42.0 Å². The van der Waals surface area contributed by atoms with Gasteiger partial charge in [-0.15, -0.1) is 4.98 Å². The first-order valence-electron chi connectivity index (χ1n) is 10.2. The molecule has 1 aliphatic rings. The van der Waals surface area contributed by atoms with Crippen LogP contribution in [0.2, 0.25) is 5.02 Å². The van der Waals surface area contributed by atoms with Crippen LogP contribution in [0.1, 0.15) is 11.6 Å². The standard InChI is InChI=1S/C23H20ClN5O4S/c1-25-21-22(27-11-10-26-21)33-19-5-3-4-16(14-19)20-15-28(12-13-34(2,31)32)23(30)29(20)18-8-6-17(24)7-9-18/h3-11,14,20H,12-13,15H2,2H3/t20-/m1/s1. The van der Waals surface area contributed by atoms with Crippen LogP contribution in [-0.2, 0) is 9.84 Å². The molecular formula is C23H20ClN5O4S. The molecule has 3 aromatic rings. The minimum Gasteiger partial charge on any atom is -0.447 e. The van der Waals surface area contributed by atoms with Crippen molar-refractivity contribution in [1.29, 1.82) is 0 Å². The van der Waals surface area contributed by atoms with Gasteiger partial charge in [0.05, 0.1) is 18.0 Å². The van der Waals surface area contributed by atoms with Crippen LogP contribution in [-0.4, -0.2) is 54.4 Å². The summed E-state index contributed by atoms with van der Waals surface area (Å²) in [6, 6.07) is 13.3. The molecule has 174 valence electrons. The first-order chi connectivity index (χ1) is 16.2. The summed E-state index contributed by atoms with van der Waals surface area (Å²) in [5, 5.41) is 0.538. The first-order valence-corrected chi connectivity index (χ1v) is 12.7. The quantitative estimate of drug-likeness (QED) is 0.446. The molecule has 2 amide bonds. The summed E-state index contributed by atoms with van der Waals surface area (Å²) >= 11 is 6.03. The second-order valence-corrected chi connectivity index (χ2v) is 10.4. The zero-order chi connectivity index (χ0) is 24.3. The molecule has 0 unspecified atom stereocenters. The Labute approximate surface area is 202 Å². The zero-order valence-corrected chi connectivity index (χ0v) is 19.7. The highest BCUT2D eigenvalue weighted by atomic mass is 35.5. The number of aromatic nitrogens is 2. The van der Waals surface area contributed by atoms with Gasteiger partial charge < -0.3 is 14.5 Å². The van der Waals surface area contributed by atoms with Gasteiger partial charge in [-0.3, -0.25) is 4.90 Å². The maximum atomic E-state index is 13.3. The number of urea groups is 1. The Morgan fingerprint density at radius 2 is 1.91 bits per heavy atom. The number of carbonyl (C=O) groups is 1. The average molecular weight is 498 g/mol. The second-order valence-electron chi connectivity index (χ2n) is 7.69. The van der Waals surface area contributed by atoms with Crippen molar-refractivity contribution in [2.75, 3.05) is 30.0 Å². The Hall–Kier alpha value is -3.68. The molecule has 11 heteroatoms. The molecule has 1 saturated heterocycles. The van der Waals surface area contributed by atoms with E-state index < -0.39 is 15.9 Å². The van der Waals surface area contributed by atoms with E-state index in [4.69, 9.17) is 22.9 Å². The summed E-state index contributed by atoms with van der Waals surface area (Å²) in [4.78, 5) is 27.8. The molecule has 0 saturated carbocycles. The Bertz CT molecular complexity index is 1360. The van der Waals surface area contributed by atoms with E-state index in [-0.39, 0.29) is 30.0 Å². The van der Waals surface area contributed by atoms with Gasteiger partial charge in [0.2, 0.25) is 5.88 Å². The van der Waals surface area contributed by atoms with Crippen molar-refractivity contribution in [3.63, 3.8) is 0 Å². The van der Waals surface area contributed by atoms with Gasteiger partial charge in [0.15, 0.2) is 0 Å². The predicted molar refractivity (Wildman–Crippen MR) is 128 cm³/mol. The fourth-order valence-electron chi connectivity index (χ4n) is 3.63. The van der Waals surface area contributed by atoms with E-state index in [1.165, 1.54) is 17.3 Å². The number of amides is 2. The lowest BCUT2D eigenvalue weighted by molar-refractivity contribution is 0.223. The monoisotopic (exact) mass is 497 g/mol. The van der Waals surface area contributed by atoms with Crippen molar-refractivity contribution in [1.82, 2.24) is 14.9 Å². The van der Waals surface area contributed by atoms with Crippen LogP contribution in [0.4, 0.5) is 16.3 Å². The molecule has 9 nitrogen and oxygen atoms in total. The zero-order valence-electron chi connectivity index (χ0n) is 18.1. The molecule has 0 spiro atoms. The topological polar surface area (TPSA) is 97.1 Å². The molecule has 0 bridgehead atoms. The third kappa shape index (κ3) is 5.27. The summed E-state index contributed by atoms with van der Waals surface area (Å²) in [5.41, 5.74) is 1.41. The molecule has 0 aliphatic carbocycles. The highest BCUT2D eigenvalue weighted by molar-refractivity contribution is 7.90. The van der Waals surface area contributed by atoms with Gasteiger partial charge >= 0.3 is 11.8 Å². The maximum absolute atomic E-state index is 13.3. The van der Waals surface area contributed by atoms with E-state index in [0.717, 1.165) is 11.8 Å². The summed E-state index contributed by atoms with van der Waals surface area (Å²) in [7, 11) is -3.24. The van der Waals surface area contributed by atoms with Crippen molar-refractivity contribution in [3.05, 3.63) is 82.9 Å². The predicted octanol–water partition coefficient (Wildman–Crippen LogP) is 4.50. The third-order valence-corrected chi connectivity index (χ3v) is 6.40. The fraction of sp³-hybridized carbons (Fsp3) is 0.217. The molecule has 34 heavy (non-hydrogen) atoms. The van der Waals surface area contributed by atoms with Crippen LogP contribution in [0.3, 0.4) is 0 Å². The summed E-state index contributed by atoms with van der Waals surface area (Å²) in [6.45, 7) is 7.61. The van der Waals surface area contributed by atoms with Crippen LogP contribution in [0, 0.1) is 6.57 Å². The van der Waals surface area contributed by atoms with Gasteiger partial charge in [-0.1, -0.05) is 30.3 Å². The fourth-order valence-corrected chi connectivity index (χ4v) is 4.31. The van der Waals surface area contributed by atoms with Crippen molar-refractivity contribution in [2.24, 2.45) is 0 Å². The number of carbonyl (C=O) groups excluding carboxylic acids is 1. The van der Waals surface area contributed by atoms with Crippen LogP contribution in [0.25, 0.3) is 4.85 Å². The Kier molecular flexibility index (Phi) is 6.68. The maximum Gasteiger partial charge on any atom is 0.332 e. The number of rotatable bonds is 7. The molecule has 1 aromatic heterocycles. The number of halogens is 1. The molecule has 2 heterocycles. The highest BCUT2D eigenvalue weighted by Gasteiger charge is 2.39. The Morgan fingerprint density at radius 1 is 1.18 bits per heavy atom. The third-order valence-electron chi connectivity index (χ3n) is 5.23. The Balaban J connectivity index is 1.67. The summed E-state index contributed by atoms with van der Waals surface area (Å²) in [5.74, 6) is 0.427. The number of sulfone groups is 1. The lowest BCUT2D eigenvalue weighted by Gasteiger charge is -2.24. The van der Waals surface area contributed by atoms with Gasteiger partial charge in [-0.2, -0.15) is 0 Å². The molecule has 2 aromatic carbocycles. The van der Waals surface area contributed by atoms with Crippen molar-refractivity contribution in [3.8, 4) is 11.6 Å². The Morgan fingerprint density at radius 3 is 2.62 bits per heavy atom. The SMILES string of the molecule is [C-]#[N+]c1nccnc1Oc1cccc([C@H]2CN(CCS(C)(=O)=O)C(=O)N2c2ccc(Cl)cc2)c1. The molecule has 4 rings (SSSR count). The van der Waals surface area contributed by atoms with Gasteiger partial charge in [0, 0.05) is 30.1 Å². The van der Waals surface area contributed by atoms with E-state index >= 15 is 0 Å². The van der Waals surface area contributed by atoms with Gasteiger partial charge in [-0.25, -0.2) is 18.2 Å². The average Bonchev–Trinajstić information content (AvgIpc) is 3.14. The molecule has 1 atom stereocenters. The van der Waals surface area contributed by atoms with Crippen molar-refractivity contribution < 1.29 is 17.9 Å². The van der Waals surface area contributed by atoms with Crippen molar-refractivity contribution >= 4 is 39.0 Å². The first kappa shape index (κ1) is 23.5. The van der Waals surface area contributed by atoms with Crippen molar-refractivity contribution in [2.45, 2.75) is 6.04 Å². The number of ether oxygens (including phenoxy) is 1. The van der Waals surface area contributed by atoms with E-state index in [2.05, 4.69) is 14.8 Å². The smallest absolute Gasteiger partial charge is 0.332 e. The minimum absolute atomic E-state index is 0.0405. The molecule has 0 radical (unpaired) electrons. The molecular weight excluding hydrogens is 478 g/mol. The van der Waals surface area contributed by atoms with E-state index in [9.17, 15) is 13.2 Å². The summed E-state index contributed by atoms with van der Waals surface area (Å²) < 4.78 is 29.2. The highest BCUT2D eigenvalue weighted by Crippen LogP contribution is 2.37. The number of hydrogen-bond donors (Lipinski definition) is 0. The number of anilines is 1. The molecule has 1 fully saturated rings. The van der Waals surface area contributed by atoms with Crippen LogP contribution >= 0.6 is 11.6 Å². The van der Waals surface area contributed by atoms with E-state index in [0.29, 0.717) is 23.0 Å². The van der Waals surface area contributed by atoms with Crippen LogP contribution in [0.15, 0.2) is 60.9 Å². The minimum atomic E-state index is -3.24. The number of nitrogens with zero attached hydrogens (tertiary/aromatic N) is 5. The van der Waals surface area contributed by atoms with Crippen LogP contribution in [0.5, 0.6) is 11.6 Å². The van der Waals surface area contributed by atoms with E-state index in [1.807, 2.05) is 6.07 Å². The lowest BCUT2D eigenvalue weighted by Crippen LogP contribution is -2.35. The second kappa shape index (κ2) is 9.67. The molecule has 1 aliphatic heterocycles. The normalized spacial score (nSPS) is 15.9. The number of hydrogen-bond acceptors (Lipinski definition) is 6. The van der Waals surface area contributed by atoms with E-state index in [1.54, 1.807) is 47.4 Å². The molecule has 0 N–H and O–H groups in total. The van der Waals surface area contributed by atoms with Gasteiger partial charge in [0.1, 0.15) is 21.8 Å². The number of benzene rings is 2. The summed E-state index contributed by atoms with van der Waals surface area (Å²) in [6.07, 6.45) is 3.99. The van der Waals surface area contributed by atoms with Crippen LogP contribution < -0.4 is 9.64 Å². The lowest BCUT2D eigenvalue weighted by atomic mass is 10.1.